The van der Waals surface area contributed by atoms with Crippen molar-refractivity contribution in [2.45, 2.75) is 31.3 Å². The Morgan fingerprint density at radius 1 is 1.05 bits per heavy atom. The molecule has 4 aromatic rings. The Kier molecular flexibility index (Phi) is 6.67. The highest BCUT2D eigenvalue weighted by atomic mass is 32.1. The fourth-order valence-corrected chi connectivity index (χ4v) is 6.31. The zero-order valence-electron chi connectivity index (χ0n) is 21.2. The SMILES string of the molecule is CNCC(=O)N[C@@H]1CCC[C@@H]1NC(=O)c1sc2nccc3c2c1NC(=O)N3c1ccnc(-c2ccccc2)c1. The van der Waals surface area contributed by atoms with Crippen molar-refractivity contribution in [1.29, 1.82) is 0 Å². The molecule has 10 nitrogen and oxygen atoms in total. The van der Waals surface area contributed by atoms with E-state index in [9.17, 15) is 14.4 Å². The summed E-state index contributed by atoms with van der Waals surface area (Å²) in [6.07, 6.45) is 5.80. The molecule has 0 saturated heterocycles. The monoisotopic (exact) mass is 541 g/mol. The number of benzene rings is 1. The zero-order chi connectivity index (χ0) is 26.9. The average Bonchev–Trinajstić information content (AvgIpc) is 3.54. The third-order valence-corrected chi connectivity index (χ3v) is 8.14. The van der Waals surface area contributed by atoms with Crippen LogP contribution in [-0.2, 0) is 4.79 Å². The number of hydrogen-bond acceptors (Lipinski definition) is 7. The van der Waals surface area contributed by atoms with Crippen LogP contribution in [0.4, 0.5) is 21.9 Å². The summed E-state index contributed by atoms with van der Waals surface area (Å²) < 4.78 is 0. The first kappa shape index (κ1) is 25.0. The van der Waals surface area contributed by atoms with Crippen molar-refractivity contribution in [2.24, 2.45) is 0 Å². The van der Waals surface area contributed by atoms with Crippen LogP contribution in [0.15, 0.2) is 60.9 Å². The summed E-state index contributed by atoms with van der Waals surface area (Å²) in [4.78, 5) is 50.7. The lowest BCUT2D eigenvalue weighted by Crippen LogP contribution is -2.50. The van der Waals surface area contributed by atoms with Crippen LogP contribution >= 0.6 is 11.3 Å². The number of aromatic nitrogens is 2. The highest BCUT2D eigenvalue weighted by Gasteiger charge is 2.35. The summed E-state index contributed by atoms with van der Waals surface area (Å²) in [6.45, 7) is 0.221. The number of nitrogens with zero attached hydrogens (tertiary/aromatic N) is 3. The van der Waals surface area contributed by atoms with E-state index in [1.54, 1.807) is 36.5 Å². The Balaban J connectivity index is 1.31. The lowest BCUT2D eigenvalue weighted by Gasteiger charge is -2.28. The summed E-state index contributed by atoms with van der Waals surface area (Å²) in [5, 5.41) is 12.6. The zero-order valence-corrected chi connectivity index (χ0v) is 22.0. The second-order valence-corrected chi connectivity index (χ2v) is 10.6. The first-order chi connectivity index (χ1) is 19.0. The Bertz CT molecular complexity index is 1570. The molecule has 4 heterocycles. The summed E-state index contributed by atoms with van der Waals surface area (Å²) in [5.41, 5.74) is 3.46. The van der Waals surface area contributed by atoms with Crippen LogP contribution in [0.5, 0.6) is 0 Å². The molecule has 4 amide bonds. The number of amides is 4. The maximum absolute atomic E-state index is 13.5. The van der Waals surface area contributed by atoms with E-state index in [4.69, 9.17) is 0 Å². The first-order valence-electron chi connectivity index (χ1n) is 12.8. The molecule has 1 aromatic carbocycles. The van der Waals surface area contributed by atoms with Gasteiger partial charge in [-0.05, 0) is 44.5 Å². The number of anilines is 3. The van der Waals surface area contributed by atoms with Gasteiger partial charge < -0.3 is 21.3 Å². The van der Waals surface area contributed by atoms with Gasteiger partial charge in [-0.3, -0.25) is 19.5 Å². The molecule has 6 rings (SSSR count). The maximum atomic E-state index is 13.5. The van der Waals surface area contributed by atoms with Gasteiger partial charge in [-0.2, -0.15) is 0 Å². The summed E-state index contributed by atoms with van der Waals surface area (Å²) in [6, 6.07) is 14.5. The normalized spacial score (nSPS) is 18.2. The van der Waals surface area contributed by atoms with E-state index < -0.39 is 0 Å². The largest absolute Gasteiger partial charge is 0.350 e. The third kappa shape index (κ3) is 4.70. The van der Waals surface area contributed by atoms with Crippen LogP contribution in [-0.4, -0.2) is 53.5 Å². The molecule has 1 fully saturated rings. The van der Waals surface area contributed by atoms with E-state index in [1.807, 2.05) is 36.4 Å². The molecule has 1 aliphatic carbocycles. The molecule has 1 aliphatic heterocycles. The molecule has 11 heteroatoms. The topological polar surface area (TPSA) is 128 Å². The molecular formula is C28H27N7O3S. The van der Waals surface area contributed by atoms with E-state index in [1.165, 1.54) is 11.3 Å². The second kappa shape index (κ2) is 10.4. The van der Waals surface area contributed by atoms with Gasteiger partial charge in [0, 0.05) is 30.0 Å². The summed E-state index contributed by atoms with van der Waals surface area (Å²) >= 11 is 1.24. The fraction of sp³-hybridized carbons (Fsp3) is 0.250. The smallest absolute Gasteiger partial charge is 0.331 e. The number of pyridine rings is 2. The second-order valence-electron chi connectivity index (χ2n) is 9.56. The predicted octanol–water partition coefficient (Wildman–Crippen LogP) is 4.03. The number of hydrogen-bond donors (Lipinski definition) is 4. The van der Waals surface area contributed by atoms with Gasteiger partial charge >= 0.3 is 6.03 Å². The van der Waals surface area contributed by atoms with Gasteiger partial charge in [-0.1, -0.05) is 30.3 Å². The lowest BCUT2D eigenvalue weighted by molar-refractivity contribution is -0.120. The molecule has 2 aliphatic rings. The number of carbonyl (C=O) groups is 3. The van der Waals surface area contributed by atoms with E-state index in [-0.39, 0.29) is 36.5 Å². The minimum Gasteiger partial charge on any atom is -0.350 e. The van der Waals surface area contributed by atoms with Crippen molar-refractivity contribution in [3.63, 3.8) is 0 Å². The molecule has 0 unspecified atom stereocenters. The molecule has 39 heavy (non-hydrogen) atoms. The molecule has 0 spiro atoms. The Morgan fingerprint density at radius 3 is 2.62 bits per heavy atom. The van der Waals surface area contributed by atoms with Gasteiger partial charge in [0.25, 0.3) is 5.91 Å². The molecule has 0 radical (unpaired) electrons. The third-order valence-electron chi connectivity index (χ3n) is 7.04. The maximum Gasteiger partial charge on any atom is 0.331 e. The minimum absolute atomic E-state index is 0.103. The Morgan fingerprint density at radius 2 is 1.82 bits per heavy atom. The van der Waals surface area contributed by atoms with Crippen LogP contribution in [0.3, 0.4) is 0 Å². The number of urea groups is 1. The highest BCUT2D eigenvalue weighted by molar-refractivity contribution is 7.21. The minimum atomic E-state index is -0.370. The molecule has 198 valence electrons. The first-order valence-corrected chi connectivity index (χ1v) is 13.6. The van der Waals surface area contributed by atoms with E-state index in [0.717, 1.165) is 35.9 Å². The lowest BCUT2D eigenvalue weighted by atomic mass is 10.1. The highest BCUT2D eigenvalue weighted by Crippen LogP contribution is 2.46. The fourth-order valence-electron chi connectivity index (χ4n) is 5.28. The molecule has 2 atom stereocenters. The molecule has 3 aromatic heterocycles. The van der Waals surface area contributed by atoms with Gasteiger partial charge in [0.2, 0.25) is 5.91 Å². The standard InChI is InChI=1S/C28H27N7O3S/c1-29-15-22(36)32-18-8-5-9-19(18)33-26(37)25-24-23-21(11-13-31-27(23)39-25)35(28(38)34-24)17-10-12-30-20(14-17)16-6-3-2-4-7-16/h2-4,6-7,10-14,18-19,29H,5,8-9,15H2,1H3,(H,32,36)(H,33,37)(H,34,38)/t18-,19+/m1/s1. The Hall–Kier alpha value is -4.35. The van der Waals surface area contributed by atoms with Crippen LogP contribution in [0.1, 0.15) is 28.9 Å². The number of likely N-dealkylation sites (N-methyl/N-ethyl adjacent to an activating group) is 1. The Labute approximate surface area is 228 Å². The van der Waals surface area contributed by atoms with Gasteiger partial charge in [-0.25, -0.2) is 9.78 Å². The van der Waals surface area contributed by atoms with Crippen molar-refractivity contribution < 1.29 is 14.4 Å². The number of thiophene rings is 1. The summed E-state index contributed by atoms with van der Waals surface area (Å²) in [5.74, 6) is -0.393. The van der Waals surface area contributed by atoms with Crippen LogP contribution in [0, 0.1) is 0 Å². The van der Waals surface area contributed by atoms with E-state index >= 15 is 0 Å². The molecular weight excluding hydrogens is 514 g/mol. The number of nitrogens with one attached hydrogen (secondary N) is 4. The predicted molar refractivity (Wildman–Crippen MR) is 151 cm³/mol. The quantitative estimate of drug-likeness (QED) is 0.280. The van der Waals surface area contributed by atoms with Crippen molar-refractivity contribution in [1.82, 2.24) is 25.9 Å². The molecule has 0 bridgehead atoms. The van der Waals surface area contributed by atoms with Crippen molar-refractivity contribution in [3.05, 3.63) is 65.8 Å². The van der Waals surface area contributed by atoms with Crippen molar-refractivity contribution >= 4 is 56.5 Å². The summed E-state index contributed by atoms with van der Waals surface area (Å²) in [7, 11) is 1.72. The molecule has 4 N–H and O–H groups in total. The van der Waals surface area contributed by atoms with Crippen LogP contribution in [0.25, 0.3) is 21.5 Å². The van der Waals surface area contributed by atoms with E-state index in [2.05, 4.69) is 31.2 Å². The number of rotatable bonds is 7. The van der Waals surface area contributed by atoms with E-state index in [0.29, 0.717) is 26.8 Å². The van der Waals surface area contributed by atoms with Crippen molar-refractivity contribution in [3.8, 4) is 11.3 Å². The van der Waals surface area contributed by atoms with Gasteiger partial charge in [0.05, 0.1) is 34.7 Å². The van der Waals surface area contributed by atoms with Gasteiger partial charge in [-0.15, -0.1) is 11.3 Å². The van der Waals surface area contributed by atoms with Crippen molar-refractivity contribution in [2.75, 3.05) is 23.8 Å². The molecule has 1 saturated carbocycles. The average molecular weight is 542 g/mol. The van der Waals surface area contributed by atoms with Crippen LogP contribution < -0.4 is 26.2 Å². The van der Waals surface area contributed by atoms with Gasteiger partial charge in [0.1, 0.15) is 9.71 Å². The van der Waals surface area contributed by atoms with Crippen LogP contribution in [0.2, 0.25) is 0 Å². The van der Waals surface area contributed by atoms with Gasteiger partial charge in [0.15, 0.2) is 0 Å². The number of carbonyl (C=O) groups excluding carboxylic acids is 3.